The van der Waals surface area contributed by atoms with Crippen LogP contribution >= 0.6 is 11.6 Å². The van der Waals surface area contributed by atoms with Crippen LogP contribution in [0.15, 0.2) is 48.5 Å². The molecule has 11 heteroatoms. The fourth-order valence-electron chi connectivity index (χ4n) is 3.73. The number of alkyl halides is 3. The Balaban J connectivity index is 1.66. The number of hydrogen-bond acceptors (Lipinski definition) is 5. The summed E-state index contributed by atoms with van der Waals surface area (Å²) < 4.78 is 52.8. The van der Waals surface area contributed by atoms with E-state index in [0.29, 0.717) is 11.3 Å². The monoisotopic (exact) mass is 480 g/mol. The van der Waals surface area contributed by atoms with Crippen molar-refractivity contribution in [3.05, 3.63) is 64.8 Å². The number of hydrogen-bond donors (Lipinski definition) is 2. The summed E-state index contributed by atoms with van der Waals surface area (Å²) in [5.41, 5.74) is 0.761. The van der Waals surface area contributed by atoms with Gasteiger partial charge in [0.25, 0.3) is 5.91 Å². The first kappa shape index (κ1) is 22.8. The molecule has 3 aromatic rings. The predicted octanol–water partition coefficient (Wildman–Crippen LogP) is 5.47. The first-order valence-corrected chi connectivity index (χ1v) is 10.3. The fourth-order valence-corrected chi connectivity index (χ4v) is 3.96. The van der Waals surface area contributed by atoms with E-state index in [1.165, 1.54) is 32.4 Å². The van der Waals surface area contributed by atoms with Crippen LogP contribution in [-0.4, -0.2) is 36.1 Å². The van der Waals surface area contributed by atoms with Gasteiger partial charge in [0, 0.05) is 24.6 Å². The van der Waals surface area contributed by atoms with Crippen LogP contribution in [0.25, 0.3) is 0 Å². The number of carbonyl (C=O) groups excluding carboxylic acids is 1. The number of benzene rings is 2. The quantitative estimate of drug-likeness (QED) is 0.506. The van der Waals surface area contributed by atoms with Crippen LogP contribution in [-0.2, 0) is 0 Å². The van der Waals surface area contributed by atoms with E-state index in [4.69, 9.17) is 21.1 Å². The summed E-state index contributed by atoms with van der Waals surface area (Å²) >= 11 is 6.08. The van der Waals surface area contributed by atoms with Gasteiger partial charge in [0.15, 0.2) is 11.7 Å². The van der Waals surface area contributed by atoms with Gasteiger partial charge < -0.3 is 20.1 Å². The van der Waals surface area contributed by atoms with Gasteiger partial charge >= 0.3 is 6.18 Å². The molecule has 2 heterocycles. The Bertz CT molecular complexity index is 1170. The molecule has 4 rings (SSSR count). The molecule has 1 aliphatic rings. The highest BCUT2D eigenvalue weighted by Crippen LogP contribution is 2.44. The van der Waals surface area contributed by atoms with Crippen molar-refractivity contribution < 1.29 is 27.4 Å². The molecule has 0 radical (unpaired) electrons. The van der Waals surface area contributed by atoms with E-state index >= 15 is 0 Å². The zero-order valence-electron chi connectivity index (χ0n) is 17.6. The maximum absolute atomic E-state index is 13.9. The van der Waals surface area contributed by atoms with Crippen molar-refractivity contribution in [2.45, 2.75) is 24.7 Å². The second-order valence-corrected chi connectivity index (χ2v) is 7.81. The van der Waals surface area contributed by atoms with Crippen molar-refractivity contribution >= 4 is 29.0 Å². The summed E-state index contributed by atoms with van der Waals surface area (Å²) in [6.45, 7) is 0. The number of carbonyl (C=O) groups is 1. The molecule has 0 fully saturated rings. The normalized spacial score (nSPS) is 17.6. The molecule has 2 atom stereocenters. The minimum absolute atomic E-state index is 0.100. The second kappa shape index (κ2) is 8.86. The molecule has 7 nitrogen and oxygen atoms in total. The second-order valence-electron chi connectivity index (χ2n) is 7.40. The number of nitrogens with one attached hydrogen (secondary N) is 2. The molecule has 0 saturated carbocycles. The molecule has 2 aromatic carbocycles. The number of fused-ring (bicyclic) bond motifs is 1. The molecule has 33 heavy (non-hydrogen) atoms. The van der Waals surface area contributed by atoms with E-state index < -0.39 is 24.2 Å². The Labute approximate surface area is 192 Å². The third kappa shape index (κ3) is 4.56. The molecule has 1 aliphatic heterocycles. The number of rotatable bonds is 5. The van der Waals surface area contributed by atoms with Crippen LogP contribution in [0, 0.1) is 0 Å². The lowest BCUT2D eigenvalue weighted by molar-refractivity contribution is -0.173. The first-order chi connectivity index (χ1) is 15.7. The smallest absolute Gasteiger partial charge is 0.410 e. The molecule has 174 valence electrons. The number of amides is 1. The number of methoxy groups -OCH3 is 2. The maximum atomic E-state index is 13.9. The van der Waals surface area contributed by atoms with Crippen LogP contribution in [0.3, 0.4) is 0 Å². The Morgan fingerprint density at radius 3 is 2.48 bits per heavy atom. The van der Waals surface area contributed by atoms with Crippen molar-refractivity contribution in [2.75, 3.05) is 24.9 Å². The Hall–Kier alpha value is -3.40. The summed E-state index contributed by atoms with van der Waals surface area (Å²) in [5.74, 6) is -0.0586. The molecule has 1 amide bonds. The van der Waals surface area contributed by atoms with E-state index in [2.05, 4.69) is 15.7 Å². The molecule has 0 bridgehead atoms. The third-order valence-corrected chi connectivity index (χ3v) is 5.64. The van der Waals surface area contributed by atoms with Crippen molar-refractivity contribution in [1.82, 2.24) is 9.78 Å². The van der Waals surface area contributed by atoms with Crippen molar-refractivity contribution in [3.8, 4) is 11.5 Å². The largest absolute Gasteiger partial charge is 0.495 e. The lowest BCUT2D eigenvalue weighted by Gasteiger charge is -2.33. The zero-order valence-corrected chi connectivity index (χ0v) is 18.4. The van der Waals surface area contributed by atoms with Gasteiger partial charge in [0.1, 0.15) is 17.3 Å². The van der Waals surface area contributed by atoms with Gasteiger partial charge in [-0.1, -0.05) is 41.9 Å². The lowest BCUT2D eigenvalue weighted by Crippen LogP contribution is -2.35. The van der Waals surface area contributed by atoms with Crippen LogP contribution in [0.1, 0.15) is 34.6 Å². The molecule has 0 spiro atoms. The van der Waals surface area contributed by atoms with Crippen LogP contribution in [0.5, 0.6) is 11.5 Å². The maximum Gasteiger partial charge on any atom is 0.410 e. The summed E-state index contributed by atoms with van der Waals surface area (Å²) in [7, 11) is 2.81. The van der Waals surface area contributed by atoms with Gasteiger partial charge in [-0.05, 0) is 5.56 Å². The molecular weight excluding hydrogens is 461 g/mol. The zero-order chi connectivity index (χ0) is 23.8. The Morgan fingerprint density at radius 1 is 1.15 bits per heavy atom. The van der Waals surface area contributed by atoms with Gasteiger partial charge in [-0.3, -0.25) is 4.79 Å². The van der Waals surface area contributed by atoms with Gasteiger partial charge in [0.2, 0.25) is 0 Å². The van der Waals surface area contributed by atoms with Crippen LogP contribution < -0.4 is 20.1 Å². The molecule has 1 aromatic heterocycles. The van der Waals surface area contributed by atoms with Gasteiger partial charge in [-0.25, -0.2) is 4.68 Å². The summed E-state index contributed by atoms with van der Waals surface area (Å²) in [5, 5.41) is 9.89. The summed E-state index contributed by atoms with van der Waals surface area (Å²) in [6, 6.07) is 10.6. The van der Waals surface area contributed by atoms with Crippen molar-refractivity contribution in [3.63, 3.8) is 0 Å². The van der Waals surface area contributed by atoms with E-state index in [1.807, 2.05) is 0 Å². The highest BCUT2D eigenvalue weighted by atomic mass is 35.5. The standard InChI is InChI=1S/C22H20ClF3N4O3/c1-32-17-9-15(18(33-2)8-13(17)23)28-21(31)16-11-20-27-14(12-6-4-3-5-7-12)10-19(22(24,25)26)30(20)29-16/h3-9,11,14,19,27H,10H2,1-2H3,(H,28,31)/t14-,19-/m1/s1. The van der Waals surface area contributed by atoms with Gasteiger partial charge in [0.05, 0.1) is 31.0 Å². The highest BCUT2D eigenvalue weighted by molar-refractivity contribution is 6.32. The number of aromatic nitrogens is 2. The lowest BCUT2D eigenvalue weighted by atomic mass is 9.97. The SMILES string of the molecule is COc1cc(NC(=O)c2cc3n(n2)[C@@H](C(F)(F)F)C[C@H](c2ccccc2)N3)c(OC)cc1Cl. The summed E-state index contributed by atoms with van der Waals surface area (Å²) in [6.07, 6.45) is -4.80. The van der Waals surface area contributed by atoms with E-state index in [0.717, 1.165) is 4.68 Å². The number of anilines is 2. The Kier molecular flexibility index (Phi) is 6.11. The minimum atomic E-state index is -4.55. The molecule has 2 N–H and O–H groups in total. The van der Waals surface area contributed by atoms with Crippen molar-refractivity contribution in [2.24, 2.45) is 0 Å². The molecule has 0 unspecified atom stereocenters. The fraction of sp³-hybridized carbons (Fsp3) is 0.273. The third-order valence-electron chi connectivity index (χ3n) is 5.35. The predicted molar refractivity (Wildman–Crippen MR) is 117 cm³/mol. The number of halogens is 4. The highest BCUT2D eigenvalue weighted by Gasteiger charge is 2.46. The van der Waals surface area contributed by atoms with E-state index in [1.54, 1.807) is 30.3 Å². The topological polar surface area (TPSA) is 77.4 Å². The van der Waals surface area contributed by atoms with Gasteiger partial charge in [-0.15, -0.1) is 0 Å². The average molecular weight is 481 g/mol. The number of ether oxygens (including phenoxy) is 2. The van der Waals surface area contributed by atoms with Crippen LogP contribution in [0.4, 0.5) is 24.7 Å². The van der Waals surface area contributed by atoms with Gasteiger partial charge in [-0.2, -0.15) is 18.3 Å². The molecule has 0 aliphatic carbocycles. The van der Waals surface area contributed by atoms with Crippen molar-refractivity contribution in [1.29, 1.82) is 0 Å². The molecule has 0 saturated heterocycles. The Morgan fingerprint density at radius 2 is 1.85 bits per heavy atom. The first-order valence-electron chi connectivity index (χ1n) is 9.92. The van der Waals surface area contributed by atoms with E-state index in [-0.39, 0.29) is 34.4 Å². The van der Waals surface area contributed by atoms with E-state index in [9.17, 15) is 18.0 Å². The number of nitrogens with zero attached hydrogens (tertiary/aromatic N) is 2. The average Bonchev–Trinajstić information content (AvgIpc) is 3.23. The minimum Gasteiger partial charge on any atom is -0.495 e. The summed E-state index contributed by atoms with van der Waals surface area (Å²) in [4.78, 5) is 12.9. The van der Waals surface area contributed by atoms with Crippen LogP contribution in [0.2, 0.25) is 5.02 Å². The molecular formula is C22H20ClF3N4O3.